The van der Waals surface area contributed by atoms with Crippen LogP contribution in [0.25, 0.3) is 0 Å². The molecule has 0 saturated carbocycles. The van der Waals surface area contributed by atoms with Crippen molar-refractivity contribution in [2.75, 3.05) is 13.2 Å². The van der Waals surface area contributed by atoms with Gasteiger partial charge in [0.1, 0.15) is 0 Å². The monoisotopic (exact) mass is 179 g/mol. The summed E-state index contributed by atoms with van der Waals surface area (Å²) >= 11 is 0. The van der Waals surface area contributed by atoms with Gasteiger partial charge in [-0.25, -0.2) is 0 Å². The molecule has 1 aliphatic heterocycles. The lowest BCUT2D eigenvalue weighted by Gasteiger charge is -2.42. The molecule has 1 saturated heterocycles. The normalized spacial score (nSPS) is 27.1. The van der Waals surface area contributed by atoms with Crippen LogP contribution in [0.2, 0.25) is 0 Å². The van der Waals surface area contributed by atoms with Gasteiger partial charge in [0, 0.05) is 6.42 Å². The largest absolute Gasteiger partial charge is 0.510 e. The van der Waals surface area contributed by atoms with E-state index in [4.69, 9.17) is 9.47 Å². The van der Waals surface area contributed by atoms with Crippen molar-refractivity contribution in [3.8, 4) is 0 Å². The Hall–Kier alpha value is -0.485. The Labute approximate surface area is 67.4 Å². The molecule has 0 aromatic rings. The number of ether oxygens (including phenoxy) is 2. The minimum atomic E-state index is -4.94. The zero-order valence-electron chi connectivity index (χ0n) is 6.23. The first-order valence-corrected chi connectivity index (χ1v) is 3.73. The molecule has 1 aliphatic carbocycles. The smallest absolute Gasteiger partial charge is 0.445 e. The molecule has 0 aromatic carbocycles. The van der Waals surface area contributed by atoms with E-state index in [1.54, 1.807) is 0 Å². The highest BCUT2D eigenvalue weighted by atomic mass is 19.4. The summed E-state index contributed by atoms with van der Waals surface area (Å²) in [4.78, 5) is 0. The molecule has 0 radical (unpaired) electrons. The highest BCUT2D eigenvalue weighted by molar-refractivity contribution is 6.67. The van der Waals surface area contributed by atoms with Crippen molar-refractivity contribution in [2.45, 2.75) is 12.2 Å². The Morgan fingerprint density at radius 3 is 2.17 bits per heavy atom. The second-order valence-electron chi connectivity index (χ2n) is 2.89. The van der Waals surface area contributed by atoms with Crippen molar-refractivity contribution in [1.29, 1.82) is 0 Å². The molecule has 6 heteroatoms. The van der Waals surface area contributed by atoms with Crippen LogP contribution in [0, 0.1) is 0 Å². The van der Waals surface area contributed by atoms with Crippen LogP contribution in [0.4, 0.5) is 12.9 Å². The fraction of sp³-hybridized carbons (Fsp3) is 0.667. The first-order chi connectivity index (χ1) is 5.55. The van der Waals surface area contributed by atoms with Gasteiger partial charge in [0.2, 0.25) is 0 Å². The first kappa shape index (κ1) is 8.13. The third-order valence-electron chi connectivity index (χ3n) is 2.14. The number of hydrogen-bond acceptors (Lipinski definition) is 2. The Kier molecular flexibility index (Phi) is 1.53. The summed E-state index contributed by atoms with van der Waals surface area (Å²) in [6, 6.07) is 0. The highest BCUT2D eigenvalue weighted by Crippen LogP contribution is 2.45. The molecule has 68 valence electrons. The molecule has 0 unspecified atom stereocenters. The maximum absolute atomic E-state index is 12.2. The van der Waals surface area contributed by atoms with E-state index in [9.17, 15) is 12.9 Å². The van der Waals surface area contributed by atoms with E-state index in [2.05, 4.69) is 0 Å². The van der Waals surface area contributed by atoms with Gasteiger partial charge in [0.25, 0.3) is 0 Å². The van der Waals surface area contributed by atoms with Crippen molar-refractivity contribution in [3.63, 3.8) is 0 Å². The van der Waals surface area contributed by atoms with Crippen LogP contribution in [-0.4, -0.2) is 26.0 Å². The zero-order valence-corrected chi connectivity index (χ0v) is 6.23. The summed E-state index contributed by atoms with van der Waals surface area (Å²) in [5.41, 5.74) is -0.625. The maximum atomic E-state index is 12.2. The average molecular weight is 179 g/mol. The lowest BCUT2D eigenvalue weighted by Crippen LogP contribution is -2.47. The summed E-state index contributed by atoms with van der Waals surface area (Å²) in [5.74, 6) is -1.42. The molecule has 2 aliphatic rings. The fourth-order valence-corrected chi connectivity index (χ4v) is 1.51. The molecule has 2 nitrogen and oxygen atoms in total. The van der Waals surface area contributed by atoms with Gasteiger partial charge in [0.15, 0.2) is 5.79 Å². The zero-order chi connectivity index (χ0) is 8.82. The molecule has 12 heavy (non-hydrogen) atoms. The molecule has 0 bridgehead atoms. The molecule has 0 N–H and O–H groups in total. The molecule has 1 heterocycles. The minimum Gasteiger partial charge on any atom is -0.445 e. The lowest BCUT2D eigenvalue weighted by atomic mass is 9.66. The van der Waals surface area contributed by atoms with E-state index in [0.717, 1.165) is 6.08 Å². The summed E-state index contributed by atoms with van der Waals surface area (Å²) in [6.45, 7) is -4.43. The summed E-state index contributed by atoms with van der Waals surface area (Å²) in [6.07, 6.45) is 1.36. The van der Waals surface area contributed by atoms with Crippen molar-refractivity contribution in [2.24, 2.45) is 0 Å². The third-order valence-corrected chi connectivity index (χ3v) is 2.14. The fourth-order valence-electron chi connectivity index (χ4n) is 1.51. The van der Waals surface area contributed by atoms with Crippen molar-refractivity contribution in [3.05, 3.63) is 11.5 Å². The SMILES string of the molecule is F[B-](F)(F)C1=CCC12OCCO2. The van der Waals surface area contributed by atoms with Crippen LogP contribution in [-0.2, 0) is 9.47 Å². The van der Waals surface area contributed by atoms with E-state index in [0.29, 0.717) is 0 Å². The van der Waals surface area contributed by atoms with E-state index in [-0.39, 0.29) is 19.6 Å². The van der Waals surface area contributed by atoms with Gasteiger partial charge in [-0.15, -0.1) is 6.08 Å². The van der Waals surface area contributed by atoms with Crippen molar-refractivity contribution in [1.82, 2.24) is 0 Å². The van der Waals surface area contributed by atoms with E-state index >= 15 is 0 Å². The summed E-state index contributed by atoms with van der Waals surface area (Å²) < 4.78 is 46.5. The van der Waals surface area contributed by atoms with Crippen LogP contribution < -0.4 is 0 Å². The van der Waals surface area contributed by atoms with Gasteiger partial charge in [0.05, 0.1) is 13.2 Å². The van der Waals surface area contributed by atoms with E-state index in [1.807, 2.05) is 0 Å². The Balaban J connectivity index is 2.19. The van der Waals surface area contributed by atoms with Gasteiger partial charge in [-0.05, 0) is 0 Å². The standard InChI is InChI=1S/C6H7BF3O2/c8-7(9,10)5-1-2-6(5)11-3-4-12-6/h1H,2-4H2/q-1. The van der Waals surface area contributed by atoms with Gasteiger partial charge in [-0.1, -0.05) is 5.47 Å². The topological polar surface area (TPSA) is 18.5 Å². The van der Waals surface area contributed by atoms with E-state index in [1.165, 1.54) is 0 Å². The second kappa shape index (κ2) is 2.26. The van der Waals surface area contributed by atoms with Gasteiger partial charge in [-0.3, -0.25) is 0 Å². The van der Waals surface area contributed by atoms with Gasteiger partial charge in [-0.2, -0.15) is 0 Å². The van der Waals surface area contributed by atoms with Crippen molar-refractivity contribution >= 4 is 6.98 Å². The van der Waals surface area contributed by atoms with Crippen LogP contribution >= 0.6 is 0 Å². The Morgan fingerprint density at radius 1 is 1.25 bits per heavy atom. The predicted molar refractivity (Wildman–Crippen MR) is 36.4 cm³/mol. The molecular weight excluding hydrogens is 172 g/mol. The number of rotatable bonds is 1. The highest BCUT2D eigenvalue weighted by Gasteiger charge is 2.52. The lowest BCUT2D eigenvalue weighted by molar-refractivity contribution is -0.133. The Morgan fingerprint density at radius 2 is 1.83 bits per heavy atom. The molecule has 0 atom stereocenters. The molecule has 1 spiro atoms. The molecule has 2 rings (SSSR count). The van der Waals surface area contributed by atoms with E-state index < -0.39 is 18.2 Å². The summed E-state index contributed by atoms with van der Waals surface area (Å²) in [7, 11) is 0. The minimum absolute atomic E-state index is 0.226. The third kappa shape index (κ3) is 0.981. The summed E-state index contributed by atoms with van der Waals surface area (Å²) in [5, 5.41) is 0. The van der Waals surface area contributed by atoms with Crippen LogP contribution in [0.3, 0.4) is 0 Å². The number of halogens is 3. The van der Waals surface area contributed by atoms with Gasteiger partial charge >= 0.3 is 6.98 Å². The van der Waals surface area contributed by atoms with Crippen LogP contribution in [0.15, 0.2) is 11.5 Å². The first-order valence-electron chi connectivity index (χ1n) is 3.73. The molecular formula is C6H7BF3O2-. The number of hydrogen-bond donors (Lipinski definition) is 0. The molecule has 0 amide bonds. The molecule has 0 aromatic heterocycles. The molecule has 1 fully saturated rings. The quantitative estimate of drug-likeness (QED) is 0.567. The second-order valence-corrected chi connectivity index (χ2v) is 2.89. The van der Waals surface area contributed by atoms with Crippen LogP contribution in [0.1, 0.15) is 6.42 Å². The average Bonchev–Trinajstić information content (AvgIpc) is 2.28. The van der Waals surface area contributed by atoms with Crippen LogP contribution in [0.5, 0.6) is 0 Å². The van der Waals surface area contributed by atoms with Crippen molar-refractivity contribution < 1.29 is 22.4 Å². The van der Waals surface area contributed by atoms with Gasteiger partial charge < -0.3 is 22.4 Å². The Bertz CT molecular complexity index is 229. The predicted octanol–water partition coefficient (Wildman–Crippen LogP) is 1.45. The maximum Gasteiger partial charge on any atom is 0.510 e.